The van der Waals surface area contributed by atoms with E-state index in [0.29, 0.717) is 32.8 Å². The molecule has 1 atom stereocenters. The second kappa shape index (κ2) is 9.96. The molecule has 7 nitrogen and oxygen atoms in total. The Morgan fingerprint density at radius 1 is 1.21 bits per heavy atom. The van der Waals surface area contributed by atoms with E-state index in [0.717, 1.165) is 32.0 Å². The summed E-state index contributed by atoms with van der Waals surface area (Å²) in [5.41, 5.74) is 0. The number of nitrogens with zero attached hydrogens (tertiary/aromatic N) is 2. The Balaban J connectivity index is 1.61. The fourth-order valence-electron chi connectivity index (χ4n) is 2.92. The van der Waals surface area contributed by atoms with Gasteiger partial charge in [-0.05, 0) is 38.6 Å². The molecule has 0 spiro atoms. The molecule has 1 aliphatic carbocycles. The lowest BCUT2D eigenvalue weighted by molar-refractivity contribution is -0.133. The monoisotopic (exact) mass is 340 g/mol. The largest absolute Gasteiger partial charge is 0.385 e. The fourth-order valence-corrected chi connectivity index (χ4v) is 2.92. The van der Waals surface area contributed by atoms with Gasteiger partial charge in [-0.25, -0.2) is 0 Å². The van der Waals surface area contributed by atoms with Crippen molar-refractivity contribution in [2.45, 2.75) is 32.2 Å². The third kappa shape index (κ3) is 6.37. The first-order valence-electron chi connectivity index (χ1n) is 9.11. The van der Waals surface area contributed by atoms with E-state index in [1.807, 2.05) is 11.8 Å². The Labute approximate surface area is 145 Å². The van der Waals surface area contributed by atoms with Crippen molar-refractivity contribution in [2.75, 3.05) is 59.5 Å². The third-order valence-electron chi connectivity index (χ3n) is 4.82. The molecule has 2 fully saturated rings. The number of ether oxygens (including phenoxy) is 1. The van der Waals surface area contributed by atoms with Gasteiger partial charge in [0.05, 0.1) is 12.6 Å². The molecule has 1 unspecified atom stereocenters. The highest BCUT2D eigenvalue weighted by Gasteiger charge is 2.27. The predicted octanol–water partition coefficient (Wildman–Crippen LogP) is -0.329. The number of hydrogen-bond acceptors (Lipinski definition) is 5. The van der Waals surface area contributed by atoms with E-state index in [1.165, 1.54) is 12.8 Å². The topological polar surface area (TPSA) is 73.9 Å². The van der Waals surface area contributed by atoms with Crippen LogP contribution in [0.5, 0.6) is 0 Å². The molecule has 0 radical (unpaired) electrons. The maximum absolute atomic E-state index is 12.2. The van der Waals surface area contributed by atoms with Crippen molar-refractivity contribution in [2.24, 2.45) is 5.92 Å². The van der Waals surface area contributed by atoms with Crippen LogP contribution in [0.4, 0.5) is 0 Å². The molecule has 2 rings (SSSR count). The molecule has 0 aromatic carbocycles. The first-order chi connectivity index (χ1) is 11.6. The summed E-state index contributed by atoms with van der Waals surface area (Å²) in [6, 6.07) is -0.155. The molecular formula is C17H32N4O3. The van der Waals surface area contributed by atoms with Crippen molar-refractivity contribution in [1.29, 1.82) is 0 Å². The fraction of sp³-hybridized carbons (Fsp3) is 0.882. The smallest absolute Gasteiger partial charge is 0.237 e. The quantitative estimate of drug-likeness (QED) is 0.533. The van der Waals surface area contributed by atoms with Gasteiger partial charge < -0.3 is 20.3 Å². The van der Waals surface area contributed by atoms with E-state index in [4.69, 9.17) is 4.74 Å². The summed E-state index contributed by atoms with van der Waals surface area (Å²) in [5, 5.41) is 6.19. The van der Waals surface area contributed by atoms with Crippen molar-refractivity contribution in [3.05, 3.63) is 0 Å². The van der Waals surface area contributed by atoms with E-state index < -0.39 is 0 Å². The lowest BCUT2D eigenvalue weighted by atomic mass is 10.2. The summed E-state index contributed by atoms with van der Waals surface area (Å²) in [4.78, 5) is 28.4. The molecule has 7 heteroatoms. The summed E-state index contributed by atoms with van der Waals surface area (Å²) < 4.78 is 4.97. The number of methoxy groups -OCH3 is 1. The highest BCUT2D eigenvalue weighted by molar-refractivity contribution is 5.81. The van der Waals surface area contributed by atoms with Gasteiger partial charge >= 0.3 is 0 Å². The van der Waals surface area contributed by atoms with Crippen LogP contribution in [0.15, 0.2) is 0 Å². The molecule has 24 heavy (non-hydrogen) atoms. The van der Waals surface area contributed by atoms with Crippen molar-refractivity contribution in [3.8, 4) is 0 Å². The van der Waals surface area contributed by atoms with Crippen LogP contribution in [0.25, 0.3) is 0 Å². The molecule has 2 amide bonds. The molecule has 0 aromatic rings. The molecule has 1 saturated carbocycles. The number of rotatable bonds is 10. The van der Waals surface area contributed by atoms with Crippen LogP contribution in [0.2, 0.25) is 0 Å². The van der Waals surface area contributed by atoms with E-state index in [9.17, 15) is 9.59 Å². The zero-order valence-corrected chi connectivity index (χ0v) is 15.1. The second-order valence-electron chi connectivity index (χ2n) is 6.80. The number of hydrogen-bond donors (Lipinski definition) is 2. The Morgan fingerprint density at radius 2 is 1.92 bits per heavy atom. The highest BCUT2D eigenvalue weighted by Crippen LogP contribution is 2.27. The van der Waals surface area contributed by atoms with Gasteiger partial charge in [0, 0.05) is 46.4 Å². The zero-order valence-electron chi connectivity index (χ0n) is 15.1. The first kappa shape index (κ1) is 19.1. The SMILES string of the molecule is COCCCNC(=O)C(C)N1CCN(C(=O)CNCC2CC2)CC1. The maximum Gasteiger partial charge on any atom is 0.237 e. The number of amides is 2. The molecule has 2 N–H and O–H groups in total. The van der Waals surface area contributed by atoms with Gasteiger partial charge in [0.15, 0.2) is 0 Å². The van der Waals surface area contributed by atoms with Crippen LogP contribution in [0.3, 0.4) is 0 Å². The number of piperazine rings is 1. The highest BCUT2D eigenvalue weighted by atomic mass is 16.5. The van der Waals surface area contributed by atoms with E-state index in [2.05, 4.69) is 15.5 Å². The van der Waals surface area contributed by atoms with Crippen LogP contribution in [0.1, 0.15) is 26.2 Å². The van der Waals surface area contributed by atoms with Crippen LogP contribution in [-0.2, 0) is 14.3 Å². The summed E-state index contributed by atoms with van der Waals surface area (Å²) in [7, 11) is 1.66. The van der Waals surface area contributed by atoms with E-state index >= 15 is 0 Å². The molecule has 1 saturated heterocycles. The molecule has 2 aliphatic rings. The van der Waals surface area contributed by atoms with Crippen LogP contribution < -0.4 is 10.6 Å². The van der Waals surface area contributed by atoms with Crippen LogP contribution in [0, 0.1) is 5.92 Å². The molecular weight excluding hydrogens is 308 g/mol. The van der Waals surface area contributed by atoms with Crippen molar-refractivity contribution < 1.29 is 14.3 Å². The van der Waals surface area contributed by atoms with E-state index in [1.54, 1.807) is 7.11 Å². The first-order valence-corrected chi connectivity index (χ1v) is 9.11. The van der Waals surface area contributed by atoms with Crippen molar-refractivity contribution in [1.82, 2.24) is 20.4 Å². The second-order valence-corrected chi connectivity index (χ2v) is 6.80. The number of carbonyl (C=O) groups is 2. The molecule has 1 heterocycles. The lowest BCUT2D eigenvalue weighted by Crippen LogP contribution is -2.56. The third-order valence-corrected chi connectivity index (χ3v) is 4.82. The van der Waals surface area contributed by atoms with Gasteiger partial charge in [0.2, 0.25) is 11.8 Å². The summed E-state index contributed by atoms with van der Waals surface area (Å²) in [6.45, 7) is 7.53. The Bertz CT molecular complexity index is 407. The number of nitrogens with one attached hydrogen (secondary N) is 2. The lowest BCUT2D eigenvalue weighted by Gasteiger charge is -2.37. The Hall–Kier alpha value is -1.18. The van der Waals surface area contributed by atoms with E-state index in [-0.39, 0.29) is 17.9 Å². The molecule has 0 aromatic heterocycles. The predicted molar refractivity (Wildman–Crippen MR) is 92.7 cm³/mol. The Morgan fingerprint density at radius 3 is 2.54 bits per heavy atom. The van der Waals surface area contributed by atoms with Gasteiger partial charge in [0.1, 0.15) is 0 Å². The summed E-state index contributed by atoms with van der Waals surface area (Å²) in [5.74, 6) is 1.02. The average Bonchev–Trinajstić information content (AvgIpc) is 3.42. The van der Waals surface area contributed by atoms with Crippen LogP contribution in [-0.4, -0.2) is 87.2 Å². The minimum atomic E-state index is -0.155. The van der Waals surface area contributed by atoms with Gasteiger partial charge in [-0.15, -0.1) is 0 Å². The van der Waals surface area contributed by atoms with Crippen molar-refractivity contribution >= 4 is 11.8 Å². The summed E-state index contributed by atoms with van der Waals surface area (Å²) in [6.07, 6.45) is 3.42. The zero-order chi connectivity index (χ0) is 17.4. The summed E-state index contributed by atoms with van der Waals surface area (Å²) >= 11 is 0. The minimum absolute atomic E-state index is 0.0528. The van der Waals surface area contributed by atoms with Crippen LogP contribution >= 0.6 is 0 Å². The minimum Gasteiger partial charge on any atom is -0.385 e. The van der Waals surface area contributed by atoms with Crippen molar-refractivity contribution in [3.63, 3.8) is 0 Å². The number of carbonyl (C=O) groups excluding carboxylic acids is 2. The average molecular weight is 340 g/mol. The maximum atomic E-state index is 12.2. The normalized spacial score (nSPS) is 20.0. The molecule has 0 bridgehead atoms. The molecule has 1 aliphatic heterocycles. The van der Waals surface area contributed by atoms with Gasteiger partial charge in [-0.2, -0.15) is 0 Å². The standard InChI is InChI=1S/C17H32N4O3/c1-14(17(23)19-6-3-11-24-2)20-7-9-21(10-8-20)16(22)13-18-12-15-4-5-15/h14-15,18H,3-13H2,1-2H3,(H,19,23). The van der Waals surface area contributed by atoms with Gasteiger partial charge in [-0.1, -0.05) is 0 Å². The van der Waals surface area contributed by atoms with Gasteiger partial charge in [-0.3, -0.25) is 14.5 Å². The molecule has 138 valence electrons. The van der Waals surface area contributed by atoms with Gasteiger partial charge in [0.25, 0.3) is 0 Å². The Kier molecular flexibility index (Phi) is 7.94.